The van der Waals surface area contributed by atoms with Gasteiger partial charge in [0.15, 0.2) is 0 Å². The van der Waals surface area contributed by atoms with Gasteiger partial charge >= 0.3 is 0 Å². The van der Waals surface area contributed by atoms with Crippen LogP contribution in [0, 0.1) is 40.4 Å². The van der Waals surface area contributed by atoms with Crippen LogP contribution in [0.2, 0.25) is 0 Å². The van der Waals surface area contributed by atoms with E-state index in [1.54, 1.807) is 44.9 Å². The summed E-state index contributed by atoms with van der Waals surface area (Å²) in [5, 5.41) is 0. The van der Waals surface area contributed by atoms with Crippen molar-refractivity contribution in [1.82, 2.24) is 0 Å². The third kappa shape index (κ3) is 1.66. The fourth-order valence-electron chi connectivity index (χ4n) is 7.56. The first-order chi connectivity index (χ1) is 9.56. The van der Waals surface area contributed by atoms with Crippen LogP contribution in [0.3, 0.4) is 0 Å². The molecular weight excluding hydrogens is 240 g/mol. The van der Waals surface area contributed by atoms with E-state index < -0.39 is 0 Å². The number of hydrogen-bond acceptors (Lipinski definition) is 0. The molecule has 4 rings (SSSR count). The third-order valence-corrected chi connectivity index (χ3v) is 9.06. The molecule has 4 aliphatic carbocycles. The maximum Gasteiger partial charge on any atom is -0.0266 e. The Balaban J connectivity index is 1.64. The summed E-state index contributed by atoms with van der Waals surface area (Å²) in [6.45, 7) is 7.91. The summed E-state index contributed by atoms with van der Waals surface area (Å²) >= 11 is 0. The van der Waals surface area contributed by atoms with Crippen molar-refractivity contribution in [2.24, 2.45) is 40.4 Å². The molecular formula is C20H34. The lowest BCUT2D eigenvalue weighted by Crippen LogP contribution is -2.52. The zero-order valence-corrected chi connectivity index (χ0v) is 14.0. The molecule has 4 fully saturated rings. The molecule has 4 aliphatic rings. The SMILES string of the molecule is C[C@H]1CCC2C3CCC4CCCC[C@]4(C)C3CC[C@@]21C. The summed E-state index contributed by atoms with van der Waals surface area (Å²) in [6.07, 6.45) is 15.5. The second kappa shape index (κ2) is 4.50. The molecule has 0 N–H and O–H groups in total. The van der Waals surface area contributed by atoms with Gasteiger partial charge in [-0.25, -0.2) is 0 Å². The first-order valence-corrected chi connectivity index (χ1v) is 9.56. The molecule has 0 nitrogen and oxygen atoms in total. The van der Waals surface area contributed by atoms with Crippen molar-refractivity contribution in [2.45, 2.75) is 85.0 Å². The molecule has 0 bridgehead atoms. The van der Waals surface area contributed by atoms with Gasteiger partial charge in [-0.3, -0.25) is 0 Å². The van der Waals surface area contributed by atoms with E-state index in [4.69, 9.17) is 0 Å². The Kier molecular flexibility index (Phi) is 3.07. The van der Waals surface area contributed by atoms with Gasteiger partial charge in [-0.2, -0.15) is 0 Å². The van der Waals surface area contributed by atoms with Gasteiger partial charge in [0.1, 0.15) is 0 Å². The van der Waals surface area contributed by atoms with E-state index in [9.17, 15) is 0 Å². The highest BCUT2D eigenvalue weighted by molar-refractivity contribution is 5.07. The Bertz CT molecular complexity index is 385. The summed E-state index contributed by atoms with van der Waals surface area (Å²) < 4.78 is 0. The Morgan fingerprint density at radius 1 is 0.700 bits per heavy atom. The van der Waals surface area contributed by atoms with Crippen LogP contribution in [0.5, 0.6) is 0 Å². The van der Waals surface area contributed by atoms with Crippen LogP contribution in [0.25, 0.3) is 0 Å². The Labute approximate surface area is 126 Å². The summed E-state index contributed by atoms with van der Waals surface area (Å²) in [6, 6.07) is 0. The lowest BCUT2D eigenvalue weighted by atomic mass is 9.45. The van der Waals surface area contributed by atoms with Gasteiger partial charge in [-0.15, -0.1) is 0 Å². The fraction of sp³-hybridized carbons (Fsp3) is 1.00. The first kappa shape index (κ1) is 13.6. The van der Waals surface area contributed by atoms with Crippen LogP contribution in [0.4, 0.5) is 0 Å². The van der Waals surface area contributed by atoms with Crippen LogP contribution in [0.15, 0.2) is 0 Å². The van der Waals surface area contributed by atoms with E-state index in [2.05, 4.69) is 20.8 Å². The maximum absolute atomic E-state index is 2.70. The van der Waals surface area contributed by atoms with Crippen LogP contribution < -0.4 is 0 Å². The average Bonchev–Trinajstić information content (AvgIpc) is 2.74. The van der Waals surface area contributed by atoms with E-state index >= 15 is 0 Å². The maximum atomic E-state index is 2.70. The molecule has 0 heterocycles. The number of hydrogen-bond donors (Lipinski definition) is 0. The predicted octanol–water partition coefficient (Wildman–Crippen LogP) is 6.06. The first-order valence-electron chi connectivity index (χ1n) is 9.56. The van der Waals surface area contributed by atoms with Crippen LogP contribution in [-0.4, -0.2) is 0 Å². The van der Waals surface area contributed by atoms with Crippen molar-refractivity contribution >= 4 is 0 Å². The third-order valence-electron chi connectivity index (χ3n) is 9.06. The number of rotatable bonds is 0. The zero-order valence-electron chi connectivity index (χ0n) is 14.0. The quantitative estimate of drug-likeness (QED) is 0.504. The standard InChI is InChI=1S/C20H34/c1-14-7-10-17-16-9-8-15-6-4-5-12-20(15,3)18(16)11-13-19(14,17)2/h14-18H,4-13H2,1-3H3/t14-,15?,16?,17?,18?,19+,20-/m0/s1. The molecule has 0 aromatic rings. The summed E-state index contributed by atoms with van der Waals surface area (Å²) in [5.74, 6) is 5.34. The topological polar surface area (TPSA) is 0 Å². The van der Waals surface area contributed by atoms with Crippen LogP contribution in [0.1, 0.15) is 85.0 Å². The Hall–Kier alpha value is 0. The van der Waals surface area contributed by atoms with Crippen molar-refractivity contribution in [2.75, 3.05) is 0 Å². The molecule has 114 valence electrons. The van der Waals surface area contributed by atoms with E-state index in [1.807, 2.05) is 0 Å². The van der Waals surface area contributed by atoms with Crippen molar-refractivity contribution in [3.8, 4) is 0 Å². The van der Waals surface area contributed by atoms with Crippen LogP contribution >= 0.6 is 0 Å². The molecule has 7 atom stereocenters. The summed E-state index contributed by atoms with van der Waals surface area (Å²) in [4.78, 5) is 0. The van der Waals surface area contributed by atoms with Gasteiger partial charge in [-0.05, 0) is 91.8 Å². The molecule has 0 aromatic heterocycles. The molecule has 4 unspecified atom stereocenters. The highest BCUT2D eigenvalue weighted by Crippen LogP contribution is 2.67. The van der Waals surface area contributed by atoms with Gasteiger partial charge in [0.05, 0.1) is 0 Å². The second-order valence-corrected chi connectivity index (χ2v) is 9.43. The van der Waals surface area contributed by atoms with E-state index in [0.29, 0.717) is 5.41 Å². The minimum absolute atomic E-state index is 0.707. The monoisotopic (exact) mass is 274 g/mol. The normalized spacial score (nSPS) is 58.6. The van der Waals surface area contributed by atoms with Gasteiger partial charge < -0.3 is 0 Å². The largest absolute Gasteiger partial charge is 0.0620 e. The van der Waals surface area contributed by atoms with Gasteiger partial charge in [0.2, 0.25) is 0 Å². The van der Waals surface area contributed by atoms with E-state index in [-0.39, 0.29) is 0 Å². The molecule has 0 aliphatic heterocycles. The molecule has 0 spiro atoms. The average molecular weight is 274 g/mol. The van der Waals surface area contributed by atoms with Crippen molar-refractivity contribution < 1.29 is 0 Å². The molecule has 0 aromatic carbocycles. The summed E-state index contributed by atoms with van der Waals surface area (Å²) in [7, 11) is 0. The van der Waals surface area contributed by atoms with E-state index in [0.717, 1.165) is 35.0 Å². The number of fused-ring (bicyclic) bond motifs is 5. The van der Waals surface area contributed by atoms with Gasteiger partial charge in [0, 0.05) is 0 Å². The molecule has 4 saturated carbocycles. The molecule has 20 heavy (non-hydrogen) atoms. The van der Waals surface area contributed by atoms with E-state index in [1.165, 1.54) is 19.3 Å². The molecule has 0 heteroatoms. The van der Waals surface area contributed by atoms with Gasteiger partial charge in [0.25, 0.3) is 0 Å². The summed E-state index contributed by atoms with van der Waals surface area (Å²) in [5.41, 5.74) is 1.44. The zero-order chi connectivity index (χ0) is 14.0. The Morgan fingerprint density at radius 2 is 1.50 bits per heavy atom. The smallest absolute Gasteiger partial charge is 0.0266 e. The highest BCUT2D eigenvalue weighted by atomic mass is 14.6. The van der Waals surface area contributed by atoms with Crippen molar-refractivity contribution in [1.29, 1.82) is 0 Å². The second-order valence-electron chi connectivity index (χ2n) is 9.43. The predicted molar refractivity (Wildman–Crippen MR) is 85.5 cm³/mol. The molecule has 0 radical (unpaired) electrons. The van der Waals surface area contributed by atoms with Crippen molar-refractivity contribution in [3.05, 3.63) is 0 Å². The van der Waals surface area contributed by atoms with Crippen LogP contribution in [-0.2, 0) is 0 Å². The Morgan fingerprint density at radius 3 is 2.35 bits per heavy atom. The van der Waals surface area contributed by atoms with Crippen molar-refractivity contribution in [3.63, 3.8) is 0 Å². The molecule has 0 amide bonds. The van der Waals surface area contributed by atoms with Gasteiger partial charge in [-0.1, -0.05) is 33.6 Å². The fourth-order valence-corrected chi connectivity index (χ4v) is 7.56. The molecule has 0 saturated heterocycles. The lowest BCUT2D eigenvalue weighted by molar-refractivity contribution is -0.109. The minimum atomic E-state index is 0.707. The lowest BCUT2D eigenvalue weighted by Gasteiger charge is -2.60. The minimum Gasteiger partial charge on any atom is -0.0620 e. The highest BCUT2D eigenvalue weighted by Gasteiger charge is 2.58.